The van der Waals surface area contributed by atoms with Crippen molar-refractivity contribution in [1.29, 1.82) is 0 Å². The Morgan fingerprint density at radius 3 is 2.25 bits per heavy atom. The van der Waals surface area contributed by atoms with Gasteiger partial charge in [0.15, 0.2) is 0 Å². The molecule has 0 aliphatic carbocycles. The first kappa shape index (κ1) is 16.8. The molecule has 114 valence electrons. The van der Waals surface area contributed by atoms with Crippen LogP contribution in [0.1, 0.15) is 5.56 Å². The van der Waals surface area contributed by atoms with Crippen molar-refractivity contribution in [3.8, 4) is 11.5 Å². The number of methoxy groups -OCH3 is 2. The fraction of sp³-hybridized carbons (Fsp3) is 0.455. The molecule has 0 aliphatic rings. The molecular weight excluding hydrogens is 296 g/mol. The van der Waals surface area contributed by atoms with Gasteiger partial charge in [0.1, 0.15) is 22.3 Å². The topological polar surface area (TPSA) is 102 Å². The number of rotatable bonds is 6. The molecule has 0 radical (unpaired) electrons. The summed E-state index contributed by atoms with van der Waals surface area (Å²) in [5, 5.41) is 18.4. The predicted octanol–water partition coefficient (Wildman–Crippen LogP) is 0.174. The SMILES string of the molecule is COc1cc(S(=O)C(F)F)c(OC)cc1CC(N)(O)O. The summed E-state index contributed by atoms with van der Waals surface area (Å²) in [7, 11) is -0.114. The van der Waals surface area contributed by atoms with Crippen LogP contribution in [-0.4, -0.2) is 40.3 Å². The van der Waals surface area contributed by atoms with Crippen LogP contribution in [0.25, 0.3) is 0 Å². The Labute approximate surface area is 116 Å². The lowest BCUT2D eigenvalue weighted by molar-refractivity contribution is -0.153. The molecule has 0 aliphatic heterocycles. The minimum atomic E-state index is -3.08. The summed E-state index contributed by atoms with van der Waals surface area (Å²) in [5.41, 5.74) is 5.28. The molecule has 1 aromatic carbocycles. The van der Waals surface area contributed by atoms with Crippen LogP contribution in [0.5, 0.6) is 11.5 Å². The average molecular weight is 311 g/mol. The number of hydrogen-bond acceptors (Lipinski definition) is 6. The van der Waals surface area contributed by atoms with Gasteiger partial charge < -0.3 is 19.7 Å². The first-order valence-corrected chi connectivity index (χ1v) is 6.58. The van der Waals surface area contributed by atoms with E-state index >= 15 is 0 Å². The van der Waals surface area contributed by atoms with Crippen LogP contribution < -0.4 is 15.2 Å². The quantitative estimate of drug-likeness (QED) is 0.648. The molecule has 1 atom stereocenters. The molecule has 0 saturated carbocycles. The van der Waals surface area contributed by atoms with Gasteiger partial charge in [0.2, 0.25) is 5.91 Å². The Bertz CT molecular complexity index is 504. The second-order valence-electron chi connectivity index (χ2n) is 3.93. The van der Waals surface area contributed by atoms with Crippen molar-refractivity contribution >= 4 is 10.8 Å². The van der Waals surface area contributed by atoms with Crippen molar-refractivity contribution in [3.05, 3.63) is 17.7 Å². The van der Waals surface area contributed by atoms with E-state index in [-0.39, 0.29) is 22.0 Å². The van der Waals surface area contributed by atoms with E-state index < -0.39 is 28.9 Å². The van der Waals surface area contributed by atoms with Crippen LogP contribution in [0.2, 0.25) is 0 Å². The third-order valence-corrected chi connectivity index (χ3v) is 3.47. The maximum Gasteiger partial charge on any atom is 0.316 e. The van der Waals surface area contributed by atoms with Crippen molar-refractivity contribution in [2.24, 2.45) is 5.73 Å². The summed E-state index contributed by atoms with van der Waals surface area (Å²) in [6.45, 7) is 0. The standard InChI is InChI=1S/C11H15F2NO5S/c1-18-7-4-9(20(17)10(12)13)8(19-2)3-6(7)5-11(14,15)16/h3-4,10,15-16H,5,14H2,1-2H3. The van der Waals surface area contributed by atoms with Gasteiger partial charge in [0.05, 0.1) is 19.1 Å². The highest BCUT2D eigenvalue weighted by Gasteiger charge is 2.25. The van der Waals surface area contributed by atoms with Crippen molar-refractivity contribution < 1.29 is 32.7 Å². The highest BCUT2D eigenvalue weighted by Crippen LogP contribution is 2.33. The van der Waals surface area contributed by atoms with Crippen molar-refractivity contribution in [2.45, 2.75) is 23.0 Å². The summed E-state index contributed by atoms with van der Waals surface area (Å²) >= 11 is 0. The van der Waals surface area contributed by atoms with Gasteiger partial charge in [0.25, 0.3) is 0 Å². The fourth-order valence-corrected chi connectivity index (χ4v) is 2.36. The molecule has 1 aromatic rings. The number of nitrogens with two attached hydrogens (primary N) is 1. The summed E-state index contributed by atoms with van der Waals surface area (Å²) in [5.74, 6) is -5.61. The zero-order valence-electron chi connectivity index (χ0n) is 10.8. The summed E-state index contributed by atoms with van der Waals surface area (Å²) in [6.07, 6.45) is -0.422. The number of halogens is 2. The van der Waals surface area contributed by atoms with Gasteiger partial charge in [-0.1, -0.05) is 0 Å². The van der Waals surface area contributed by atoms with Crippen LogP contribution in [0.15, 0.2) is 17.0 Å². The van der Waals surface area contributed by atoms with Gasteiger partial charge in [0, 0.05) is 18.1 Å². The predicted molar refractivity (Wildman–Crippen MR) is 67.0 cm³/mol. The van der Waals surface area contributed by atoms with Gasteiger partial charge in [-0.25, -0.2) is 4.21 Å². The molecule has 0 aromatic heterocycles. The summed E-state index contributed by atoms with van der Waals surface area (Å²) < 4.78 is 46.4. The maximum absolute atomic E-state index is 12.5. The molecule has 6 nitrogen and oxygen atoms in total. The van der Waals surface area contributed by atoms with E-state index in [1.54, 1.807) is 0 Å². The lowest BCUT2D eigenvalue weighted by Crippen LogP contribution is -2.41. The molecular formula is C11H15F2NO5S. The Kier molecular flexibility index (Phi) is 5.40. The smallest absolute Gasteiger partial charge is 0.316 e. The highest BCUT2D eigenvalue weighted by atomic mass is 32.2. The van der Waals surface area contributed by atoms with E-state index in [1.165, 1.54) is 20.3 Å². The zero-order chi connectivity index (χ0) is 15.5. The van der Waals surface area contributed by atoms with Crippen molar-refractivity contribution in [2.75, 3.05) is 14.2 Å². The second kappa shape index (κ2) is 6.44. The third-order valence-electron chi connectivity index (χ3n) is 2.40. The molecule has 0 bridgehead atoms. The largest absolute Gasteiger partial charge is 0.496 e. The van der Waals surface area contributed by atoms with Gasteiger partial charge in [-0.2, -0.15) is 8.78 Å². The van der Waals surface area contributed by atoms with Crippen LogP contribution in [0.3, 0.4) is 0 Å². The molecule has 1 rings (SSSR count). The lowest BCUT2D eigenvalue weighted by atomic mass is 10.1. The second-order valence-corrected chi connectivity index (χ2v) is 5.32. The maximum atomic E-state index is 12.5. The molecule has 0 heterocycles. The Balaban J connectivity index is 3.34. The average Bonchev–Trinajstić information content (AvgIpc) is 2.35. The molecule has 4 N–H and O–H groups in total. The first-order chi connectivity index (χ1) is 9.19. The third kappa shape index (κ3) is 4.10. The van der Waals surface area contributed by atoms with Gasteiger partial charge in [-0.05, 0) is 6.07 Å². The molecule has 20 heavy (non-hydrogen) atoms. The van der Waals surface area contributed by atoms with Crippen LogP contribution in [0.4, 0.5) is 8.78 Å². The van der Waals surface area contributed by atoms with Gasteiger partial charge in [-0.15, -0.1) is 0 Å². The van der Waals surface area contributed by atoms with Gasteiger partial charge in [-0.3, -0.25) is 5.73 Å². The van der Waals surface area contributed by atoms with Crippen molar-refractivity contribution in [1.82, 2.24) is 0 Å². The molecule has 0 spiro atoms. The van der Waals surface area contributed by atoms with Gasteiger partial charge >= 0.3 is 5.76 Å². The Morgan fingerprint density at radius 2 is 1.85 bits per heavy atom. The van der Waals surface area contributed by atoms with Crippen LogP contribution in [0, 0.1) is 0 Å². The summed E-state index contributed by atoms with van der Waals surface area (Å²) in [6, 6.07) is 2.32. The Morgan fingerprint density at radius 1 is 1.30 bits per heavy atom. The van der Waals surface area contributed by atoms with Crippen molar-refractivity contribution in [3.63, 3.8) is 0 Å². The van der Waals surface area contributed by atoms with E-state index in [0.717, 1.165) is 6.07 Å². The minimum absolute atomic E-state index is 0.0488. The van der Waals surface area contributed by atoms with E-state index in [9.17, 15) is 23.2 Å². The van der Waals surface area contributed by atoms with E-state index in [2.05, 4.69) is 0 Å². The zero-order valence-corrected chi connectivity index (χ0v) is 11.6. The number of aliphatic hydroxyl groups is 2. The lowest BCUT2D eigenvalue weighted by Gasteiger charge is -2.19. The normalized spacial score (nSPS) is 13.4. The molecule has 9 heteroatoms. The number of hydrogen-bond donors (Lipinski definition) is 3. The molecule has 0 amide bonds. The van der Waals surface area contributed by atoms with E-state index in [4.69, 9.17) is 15.2 Å². The number of ether oxygens (including phenoxy) is 2. The minimum Gasteiger partial charge on any atom is -0.496 e. The first-order valence-electron chi connectivity index (χ1n) is 5.37. The summed E-state index contributed by atoms with van der Waals surface area (Å²) in [4.78, 5) is -0.249. The van der Waals surface area contributed by atoms with Crippen LogP contribution in [-0.2, 0) is 17.2 Å². The fourth-order valence-electron chi connectivity index (χ4n) is 1.60. The monoisotopic (exact) mass is 311 g/mol. The molecule has 1 unspecified atom stereocenters. The Hall–Kier alpha value is -1.29. The van der Waals surface area contributed by atoms with Crippen LogP contribution >= 0.6 is 0 Å². The van der Waals surface area contributed by atoms with E-state index in [0.29, 0.717) is 0 Å². The van der Waals surface area contributed by atoms with E-state index in [1.807, 2.05) is 0 Å². The highest BCUT2D eigenvalue weighted by molar-refractivity contribution is 7.85. The molecule has 0 fully saturated rings. The number of benzene rings is 1. The number of alkyl halides is 2. The molecule has 0 saturated heterocycles.